The molecule has 0 amide bonds. The summed E-state index contributed by atoms with van der Waals surface area (Å²) in [6.45, 7) is 2.70. The fourth-order valence-electron chi connectivity index (χ4n) is 1.28. The summed E-state index contributed by atoms with van der Waals surface area (Å²) in [5, 5.41) is 3.04. The first-order valence-corrected chi connectivity index (χ1v) is 5.93. The molecule has 1 atom stereocenters. The SMILES string of the molecule is CC(CN)NCc1ccc(Br)c(C(F)(F)F)c1. The van der Waals surface area contributed by atoms with Gasteiger partial charge in [-0.15, -0.1) is 0 Å². The Morgan fingerprint density at radius 2 is 2.06 bits per heavy atom. The number of nitrogens with two attached hydrogens (primary N) is 1. The summed E-state index contributed by atoms with van der Waals surface area (Å²) in [4.78, 5) is 0. The lowest BCUT2D eigenvalue weighted by Gasteiger charge is -2.14. The Bertz CT molecular complexity index is 379. The Kier molecular flexibility index (Phi) is 4.97. The van der Waals surface area contributed by atoms with Crippen molar-refractivity contribution in [2.24, 2.45) is 5.73 Å². The van der Waals surface area contributed by atoms with Crippen LogP contribution in [0.5, 0.6) is 0 Å². The highest BCUT2D eigenvalue weighted by Gasteiger charge is 2.32. The highest BCUT2D eigenvalue weighted by atomic mass is 79.9. The van der Waals surface area contributed by atoms with Gasteiger partial charge in [0, 0.05) is 23.6 Å². The average molecular weight is 311 g/mol. The number of alkyl halides is 3. The first-order chi connectivity index (χ1) is 7.84. The van der Waals surface area contributed by atoms with Crippen LogP contribution in [0.3, 0.4) is 0 Å². The predicted molar refractivity (Wildman–Crippen MR) is 64.5 cm³/mol. The van der Waals surface area contributed by atoms with Crippen LogP contribution in [0, 0.1) is 0 Å². The summed E-state index contributed by atoms with van der Waals surface area (Å²) in [6, 6.07) is 4.27. The quantitative estimate of drug-likeness (QED) is 0.897. The summed E-state index contributed by atoms with van der Waals surface area (Å²) >= 11 is 2.90. The topological polar surface area (TPSA) is 38.0 Å². The number of rotatable bonds is 4. The Labute approximate surface area is 107 Å². The van der Waals surface area contributed by atoms with E-state index in [0.29, 0.717) is 18.7 Å². The van der Waals surface area contributed by atoms with Crippen molar-refractivity contribution in [2.45, 2.75) is 25.7 Å². The molecule has 96 valence electrons. The third-order valence-corrected chi connectivity index (χ3v) is 3.04. The molecular weight excluding hydrogens is 297 g/mol. The second kappa shape index (κ2) is 5.84. The molecule has 1 aromatic carbocycles. The minimum atomic E-state index is -4.34. The van der Waals surface area contributed by atoms with E-state index in [9.17, 15) is 13.2 Å². The van der Waals surface area contributed by atoms with Gasteiger partial charge in [-0.1, -0.05) is 22.0 Å². The lowest BCUT2D eigenvalue weighted by atomic mass is 10.1. The number of benzene rings is 1. The standard InChI is InChI=1S/C11H14BrF3N2/c1-7(5-16)17-6-8-2-3-10(12)9(4-8)11(13,14)15/h2-4,7,17H,5-6,16H2,1H3. The first-order valence-electron chi connectivity index (χ1n) is 5.13. The molecule has 6 heteroatoms. The maximum Gasteiger partial charge on any atom is 0.417 e. The van der Waals surface area contributed by atoms with E-state index >= 15 is 0 Å². The molecule has 0 aliphatic carbocycles. The van der Waals surface area contributed by atoms with Crippen molar-refractivity contribution < 1.29 is 13.2 Å². The van der Waals surface area contributed by atoms with E-state index in [2.05, 4.69) is 21.2 Å². The summed E-state index contributed by atoms with van der Waals surface area (Å²) in [6.07, 6.45) is -4.34. The van der Waals surface area contributed by atoms with E-state index in [4.69, 9.17) is 5.73 Å². The molecule has 2 nitrogen and oxygen atoms in total. The molecule has 17 heavy (non-hydrogen) atoms. The van der Waals surface area contributed by atoms with Crippen molar-refractivity contribution >= 4 is 15.9 Å². The van der Waals surface area contributed by atoms with Gasteiger partial charge in [-0.3, -0.25) is 0 Å². The molecule has 0 aliphatic rings. The van der Waals surface area contributed by atoms with Crippen LogP contribution in [0.15, 0.2) is 22.7 Å². The zero-order valence-corrected chi connectivity index (χ0v) is 10.9. The van der Waals surface area contributed by atoms with Crippen molar-refractivity contribution in [1.82, 2.24) is 5.32 Å². The van der Waals surface area contributed by atoms with Crippen molar-refractivity contribution in [3.8, 4) is 0 Å². The monoisotopic (exact) mass is 310 g/mol. The largest absolute Gasteiger partial charge is 0.417 e. The van der Waals surface area contributed by atoms with Crippen LogP contribution in [-0.2, 0) is 12.7 Å². The van der Waals surface area contributed by atoms with Gasteiger partial charge in [0.25, 0.3) is 0 Å². The number of hydrogen-bond donors (Lipinski definition) is 2. The zero-order valence-electron chi connectivity index (χ0n) is 9.31. The van der Waals surface area contributed by atoms with E-state index in [1.54, 1.807) is 6.07 Å². The van der Waals surface area contributed by atoms with Crippen LogP contribution in [0.25, 0.3) is 0 Å². The van der Waals surface area contributed by atoms with E-state index in [-0.39, 0.29) is 10.5 Å². The van der Waals surface area contributed by atoms with Crippen LogP contribution in [0.1, 0.15) is 18.1 Å². The Balaban J connectivity index is 2.82. The van der Waals surface area contributed by atoms with Crippen LogP contribution in [0.2, 0.25) is 0 Å². The zero-order chi connectivity index (χ0) is 13.1. The van der Waals surface area contributed by atoms with E-state index in [0.717, 1.165) is 6.07 Å². The second-order valence-corrected chi connectivity index (χ2v) is 4.68. The van der Waals surface area contributed by atoms with Crippen LogP contribution in [-0.4, -0.2) is 12.6 Å². The number of nitrogens with one attached hydrogen (secondary N) is 1. The van der Waals surface area contributed by atoms with Gasteiger partial charge in [0.05, 0.1) is 5.56 Å². The third kappa shape index (κ3) is 4.29. The molecule has 1 aromatic rings. The van der Waals surface area contributed by atoms with Crippen molar-refractivity contribution in [1.29, 1.82) is 0 Å². The number of hydrogen-bond acceptors (Lipinski definition) is 2. The Morgan fingerprint density at radius 1 is 1.41 bits per heavy atom. The Morgan fingerprint density at radius 3 is 2.59 bits per heavy atom. The van der Waals surface area contributed by atoms with Crippen LogP contribution in [0.4, 0.5) is 13.2 Å². The van der Waals surface area contributed by atoms with Gasteiger partial charge in [0.1, 0.15) is 0 Å². The van der Waals surface area contributed by atoms with Crippen LogP contribution >= 0.6 is 15.9 Å². The molecule has 0 spiro atoms. The molecule has 1 rings (SSSR count). The summed E-state index contributed by atoms with van der Waals surface area (Å²) < 4.78 is 37.9. The highest BCUT2D eigenvalue weighted by Crippen LogP contribution is 2.35. The molecule has 3 N–H and O–H groups in total. The minimum absolute atomic E-state index is 0.0561. The van der Waals surface area contributed by atoms with Crippen LogP contribution < -0.4 is 11.1 Å². The summed E-state index contributed by atoms with van der Waals surface area (Å²) in [5.41, 5.74) is 5.34. The predicted octanol–water partition coefficient (Wildman–Crippen LogP) is 2.90. The van der Waals surface area contributed by atoms with Gasteiger partial charge < -0.3 is 11.1 Å². The average Bonchev–Trinajstić information content (AvgIpc) is 2.26. The second-order valence-electron chi connectivity index (χ2n) is 3.83. The molecule has 0 radical (unpaired) electrons. The molecule has 1 unspecified atom stereocenters. The fourth-order valence-corrected chi connectivity index (χ4v) is 1.75. The van der Waals surface area contributed by atoms with Gasteiger partial charge in [0.15, 0.2) is 0 Å². The van der Waals surface area contributed by atoms with Crippen molar-refractivity contribution in [3.05, 3.63) is 33.8 Å². The van der Waals surface area contributed by atoms with E-state index in [1.807, 2.05) is 6.92 Å². The van der Waals surface area contributed by atoms with E-state index < -0.39 is 11.7 Å². The molecule has 0 saturated heterocycles. The van der Waals surface area contributed by atoms with Crippen molar-refractivity contribution in [2.75, 3.05) is 6.54 Å². The molecule has 0 heterocycles. The normalized spacial score (nSPS) is 13.8. The van der Waals surface area contributed by atoms with Gasteiger partial charge >= 0.3 is 6.18 Å². The highest BCUT2D eigenvalue weighted by molar-refractivity contribution is 9.10. The van der Waals surface area contributed by atoms with Gasteiger partial charge in [-0.2, -0.15) is 13.2 Å². The summed E-state index contributed by atoms with van der Waals surface area (Å²) in [7, 11) is 0. The molecule has 0 aliphatic heterocycles. The maximum absolute atomic E-state index is 12.6. The number of halogens is 4. The smallest absolute Gasteiger partial charge is 0.329 e. The molecule has 0 bridgehead atoms. The van der Waals surface area contributed by atoms with Gasteiger partial charge in [-0.25, -0.2) is 0 Å². The molecule has 0 aromatic heterocycles. The first kappa shape index (κ1) is 14.5. The van der Waals surface area contributed by atoms with Gasteiger partial charge in [-0.05, 0) is 24.6 Å². The van der Waals surface area contributed by atoms with E-state index in [1.165, 1.54) is 6.07 Å². The fraction of sp³-hybridized carbons (Fsp3) is 0.455. The minimum Gasteiger partial charge on any atom is -0.329 e. The van der Waals surface area contributed by atoms with Gasteiger partial charge in [0.2, 0.25) is 0 Å². The molecule has 0 saturated carbocycles. The molecule has 0 fully saturated rings. The Hall–Kier alpha value is -0.590. The third-order valence-electron chi connectivity index (χ3n) is 2.34. The maximum atomic E-state index is 12.6. The molecular formula is C11H14BrF3N2. The lowest BCUT2D eigenvalue weighted by molar-refractivity contribution is -0.138. The summed E-state index contributed by atoms with van der Waals surface area (Å²) in [5.74, 6) is 0. The lowest BCUT2D eigenvalue weighted by Crippen LogP contribution is -2.32. The van der Waals surface area contributed by atoms with Crippen molar-refractivity contribution in [3.63, 3.8) is 0 Å².